The van der Waals surface area contributed by atoms with Gasteiger partial charge in [0.15, 0.2) is 11.5 Å². The van der Waals surface area contributed by atoms with Crippen molar-refractivity contribution < 1.29 is 55.2 Å². The first-order chi connectivity index (χ1) is 27.2. The molecule has 2 amide bonds. The number of anilines is 2. The van der Waals surface area contributed by atoms with Gasteiger partial charge < -0.3 is 30.3 Å². The number of hydrogen-bond donors (Lipinski definition) is 6. The lowest BCUT2D eigenvalue weighted by Gasteiger charge is -2.30. The summed E-state index contributed by atoms with van der Waals surface area (Å²) in [6.45, 7) is 0.550. The van der Waals surface area contributed by atoms with Crippen LogP contribution < -0.4 is 36.3 Å². The summed E-state index contributed by atoms with van der Waals surface area (Å²) in [5.74, 6) is -3.78. The Morgan fingerprint density at radius 1 is 1.02 bits per heavy atom. The molecule has 0 saturated carbocycles. The maximum atomic E-state index is 13.3. The van der Waals surface area contributed by atoms with E-state index in [0.29, 0.717) is 61.3 Å². The molecule has 19 nitrogen and oxygen atoms in total. The van der Waals surface area contributed by atoms with Crippen LogP contribution in [0.3, 0.4) is 0 Å². The highest BCUT2D eigenvalue weighted by atomic mass is 32.2. The minimum Gasteiger partial charge on any atom is -0.744 e. The number of carboxylic acids is 1. The summed E-state index contributed by atoms with van der Waals surface area (Å²) >= 11 is 0. The van der Waals surface area contributed by atoms with Gasteiger partial charge in [0.05, 0.1) is 29.7 Å². The maximum absolute atomic E-state index is 13.3. The highest BCUT2D eigenvalue weighted by Crippen LogP contribution is 2.47. The Kier molecular flexibility index (Phi) is 10.4. The largest absolute Gasteiger partial charge is 0.744 e. The number of nitrogens with one attached hydrogen (secondary N) is 4. The number of aryl methyl sites for hydroxylation is 2. The van der Waals surface area contributed by atoms with Gasteiger partial charge in [-0.3, -0.25) is 19.1 Å². The number of carboxylic acid groups (broad SMARTS) is 1. The average Bonchev–Trinajstić information content (AvgIpc) is 3.16. The third-order valence-electron chi connectivity index (χ3n) is 9.56. The highest BCUT2D eigenvalue weighted by molar-refractivity contribution is 7.86. The number of amides is 2. The predicted molar refractivity (Wildman–Crippen MR) is 198 cm³/mol. The van der Waals surface area contributed by atoms with Crippen molar-refractivity contribution in [3.8, 4) is 11.5 Å². The molecule has 0 saturated heterocycles. The maximum Gasteiger partial charge on any atom is 0.336 e. The first-order valence-electron chi connectivity index (χ1n) is 17.4. The van der Waals surface area contributed by atoms with Gasteiger partial charge in [0.2, 0.25) is 16.2 Å². The van der Waals surface area contributed by atoms with E-state index in [0.717, 1.165) is 6.07 Å². The summed E-state index contributed by atoms with van der Waals surface area (Å²) in [6.07, 6.45) is 3.06. The molecule has 0 unspecified atom stereocenters. The average molecular weight is 817 g/mol. The van der Waals surface area contributed by atoms with E-state index < -0.39 is 64.9 Å². The van der Waals surface area contributed by atoms with Crippen LogP contribution in [0.5, 0.6) is 11.5 Å². The van der Waals surface area contributed by atoms with Crippen molar-refractivity contribution in [2.24, 2.45) is 5.11 Å². The molecule has 1 aromatic heterocycles. The van der Waals surface area contributed by atoms with Crippen molar-refractivity contribution in [1.29, 1.82) is 0 Å². The number of aromatic carboxylic acids is 1. The van der Waals surface area contributed by atoms with Crippen molar-refractivity contribution in [1.82, 2.24) is 10.3 Å². The summed E-state index contributed by atoms with van der Waals surface area (Å²) in [7, 11) is -10.4. The minimum absolute atomic E-state index is 0.00164. The Morgan fingerprint density at radius 3 is 2.51 bits per heavy atom. The molecule has 0 atom stereocenters. The molecule has 4 aromatic rings. The Bertz CT molecular complexity index is 2810. The molecule has 6 N–H and O–H groups in total. The molecule has 294 valence electrons. The SMILES string of the molecule is [N-]=[N+]=NCc1ccc(NC(=O)CCNC(=O)c2ccc(C3=c4cc5c(c(S(=O)(=O)O)c4Oc4c3cc3c(c4S(=O)(=O)[O-])NCCC3)=[NH+]CCC5)c(C(=O)O)c2)cn1. The van der Waals surface area contributed by atoms with Crippen LogP contribution in [0.4, 0.5) is 11.4 Å². The molecule has 57 heavy (non-hydrogen) atoms. The monoisotopic (exact) mass is 816 g/mol. The van der Waals surface area contributed by atoms with Crippen LogP contribution >= 0.6 is 0 Å². The number of ether oxygens (including phenoxy) is 1. The van der Waals surface area contributed by atoms with E-state index in [9.17, 15) is 45.4 Å². The van der Waals surface area contributed by atoms with E-state index in [4.69, 9.17) is 10.3 Å². The number of azide groups is 1. The van der Waals surface area contributed by atoms with Gasteiger partial charge in [-0.05, 0) is 72.3 Å². The van der Waals surface area contributed by atoms with Gasteiger partial charge in [-0.15, -0.1) is 0 Å². The van der Waals surface area contributed by atoms with E-state index in [2.05, 4.69) is 36.0 Å². The van der Waals surface area contributed by atoms with Crippen molar-refractivity contribution in [2.75, 3.05) is 30.3 Å². The smallest absolute Gasteiger partial charge is 0.336 e. The number of hydrogen-bond acceptors (Lipinski definition) is 12. The van der Waals surface area contributed by atoms with Crippen LogP contribution in [0.2, 0.25) is 0 Å². The zero-order chi connectivity index (χ0) is 40.6. The summed E-state index contributed by atoms with van der Waals surface area (Å²) in [6, 6.07) is 9.93. The van der Waals surface area contributed by atoms with Crippen LogP contribution in [0, 0.1) is 0 Å². The number of aromatic nitrogens is 1. The fraction of sp³-hybridized carbons (Fsp3) is 0.250. The summed E-state index contributed by atoms with van der Waals surface area (Å²) in [4.78, 5) is 47.0. The van der Waals surface area contributed by atoms with E-state index >= 15 is 0 Å². The summed E-state index contributed by atoms with van der Waals surface area (Å²) in [5, 5.41) is 22.1. The van der Waals surface area contributed by atoms with E-state index in [-0.39, 0.29) is 58.0 Å². The lowest BCUT2D eigenvalue weighted by atomic mass is 9.86. The third kappa shape index (κ3) is 7.73. The molecule has 0 radical (unpaired) electrons. The predicted octanol–water partition coefficient (Wildman–Crippen LogP) is 0.857. The fourth-order valence-corrected chi connectivity index (χ4v) is 8.82. The number of carbonyl (C=O) groups is 3. The van der Waals surface area contributed by atoms with Gasteiger partial charge in [0, 0.05) is 64.0 Å². The van der Waals surface area contributed by atoms with Crippen molar-refractivity contribution in [3.05, 3.63) is 109 Å². The van der Waals surface area contributed by atoms with Gasteiger partial charge in [-0.25, -0.2) is 18.2 Å². The molecule has 3 aliphatic rings. The molecule has 7 rings (SSSR count). The Balaban J connectivity index is 1.31. The van der Waals surface area contributed by atoms with Gasteiger partial charge >= 0.3 is 16.1 Å². The van der Waals surface area contributed by atoms with Crippen LogP contribution in [0.15, 0.2) is 63.6 Å². The second-order valence-corrected chi connectivity index (χ2v) is 15.9. The third-order valence-corrected chi connectivity index (χ3v) is 11.4. The number of fused-ring (bicyclic) bond motifs is 4. The Labute approximate surface area is 323 Å². The van der Waals surface area contributed by atoms with Crippen LogP contribution in [-0.2, 0) is 44.4 Å². The molecule has 21 heteroatoms. The zero-order valence-corrected chi connectivity index (χ0v) is 31.3. The van der Waals surface area contributed by atoms with Crippen LogP contribution in [0.25, 0.3) is 16.0 Å². The molecular formula is C36H32N8O11S2. The normalized spacial score (nSPS) is 14.2. The molecule has 3 aromatic carbocycles. The summed E-state index contributed by atoms with van der Waals surface area (Å²) < 4.78 is 81.6. The molecule has 3 aliphatic heterocycles. The standard InChI is InChI=1S/C36H32N8O11S2/c37-44-42-17-21-6-7-22(16-41-21)43-27(45)9-12-40-35(46)20-5-8-23(24(15-20)36(47)48)28-25-13-18-3-1-10-38-29(18)33(56(49,50)51)31(25)55-32-26(28)14-19-4-2-11-39-30(19)34(32)57(52,53)54/h5-8,13-16,38H,1-4,9-12,17H2,(H,40,46)(H,43,45)(H,47,48)(H,49,50,51)(H,52,53,54). The van der Waals surface area contributed by atoms with Crippen molar-refractivity contribution in [3.63, 3.8) is 0 Å². The second kappa shape index (κ2) is 15.3. The van der Waals surface area contributed by atoms with E-state index in [1.54, 1.807) is 24.3 Å². The van der Waals surface area contributed by atoms with Crippen molar-refractivity contribution >= 4 is 55.0 Å². The van der Waals surface area contributed by atoms with E-state index in [1.165, 1.54) is 18.3 Å². The quantitative estimate of drug-likeness (QED) is 0.0467. The molecule has 0 fully saturated rings. The molecule has 0 aliphatic carbocycles. The first-order valence-corrected chi connectivity index (χ1v) is 20.3. The Hall–Kier alpha value is -6.38. The van der Waals surface area contributed by atoms with Gasteiger partial charge in [-0.1, -0.05) is 11.2 Å². The summed E-state index contributed by atoms with van der Waals surface area (Å²) in [5.41, 5.74) is 9.48. The molecule has 4 heterocycles. The second-order valence-electron chi connectivity index (χ2n) is 13.2. The van der Waals surface area contributed by atoms with Gasteiger partial charge in [0.25, 0.3) is 5.91 Å². The lowest BCUT2D eigenvalue weighted by molar-refractivity contribution is -0.507. The molecular weight excluding hydrogens is 785 g/mol. The number of rotatable bonds is 11. The lowest BCUT2D eigenvalue weighted by Crippen LogP contribution is -2.80. The van der Waals surface area contributed by atoms with Crippen LogP contribution in [-0.4, -0.2) is 73.4 Å². The van der Waals surface area contributed by atoms with Gasteiger partial charge in [-0.2, -0.15) is 8.42 Å². The van der Waals surface area contributed by atoms with E-state index in [1.807, 2.05) is 0 Å². The fourth-order valence-electron chi connectivity index (χ4n) is 7.14. The van der Waals surface area contributed by atoms with Crippen molar-refractivity contribution in [2.45, 2.75) is 48.4 Å². The zero-order valence-electron chi connectivity index (χ0n) is 29.7. The number of carbonyl (C=O) groups excluding carboxylic acids is 2. The number of pyridine rings is 1. The molecule has 0 bridgehead atoms. The van der Waals surface area contributed by atoms with Crippen LogP contribution in [0.1, 0.15) is 67.9 Å². The minimum atomic E-state index is -5.34. The Morgan fingerprint density at radius 2 is 1.81 bits per heavy atom. The topological polar surface area (TPSA) is 304 Å². The number of nitrogens with zero attached hydrogens (tertiary/aromatic N) is 4. The molecule has 0 spiro atoms. The highest BCUT2D eigenvalue weighted by Gasteiger charge is 2.37. The first kappa shape index (κ1) is 38.9. The van der Waals surface area contributed by atoms with Gasteiger partial charge in [0.1, 0.15) is 21.6 Å². The number of benzene rings is 3.